The van der Waals surface area contributed by atoms with Gasteiger partial charge in [-0.05, 0) is 125 Å². The second kappa shape index (κ2) is 26.5. The Morgan fingerprint density at radius 1 is 0.538 bits per heavy atom. The van der Waals surface area contributed by atoms with Gasteiger partial charge in [-0.2, -0.15) is 8.78 Å². The largest absolute Gasteiger partial charge is 0.437 e. The van der Waals surface area contributed by atoms with Gasteiger partial charge in [0.05, 0.1) is 28.1 Å². The molecule has 338 valence electrons. The number of amides is 1. The monoisotopic (exact) mass is 903 g/mol. The first-order valence-corrected chi connectivity index (χ1v) is 21.5. The molecule has 1 fully saturated rings. The lowest BCUT2D eigenvalue weighted by atomic mass is 10.2. The number of hydrogen-bond acceptors (Lipinski definition) is 9. The molecule has 0 unspecified atom stereocenters. The highest BCUT2D eigenvalue weighted by Crippen LogP contribution is 2.20. The molecule has 0 saturated carbocycles. The molecule has 0 N–H and O–H groups in total. The van der Waals surface area contributed by atoms with Crippen LogP contribution in [0.3, 0.4) is 0 Å². The number of carbonyl (C=O) groups is 1. The van der Waals surface area contributed by atoms with Crippen LogP contribution in [-0.2, 0) is 4.79 Å². The number of pyridine rings is 4. The fourth-order valence-electron chi connectivity index (χ4n) is 5.49. The first-order chi connectivity index (χ1) is 31.1. The van der Waals surface area contributed by atoms with E-state index >= 15 is 0 Å². The van der Waals surface area contributed by atoms with Crippen molar-refractivity contribution in [3.8, 4) is 11.6 Å². The molecule has 1 aliphatic heterocycles. The van der Waals surface area contributed by atoms with Crippen LogP contribution < -0.4 is 9.64 Å². The van der Waals surface area contributed by atoms with Crippen molar-refractivity contribution in [1.29, 1.82) is 0 Å². The zero-order valence-electron chi connectivity index (χ0n) is 37.6. The summed E-state index contributed by atoms with van der Waals surface area (Å²) >= 11 is 1.69. The number of thiazole rings is 1. The van der Waals surface area contributed by atoms with Gasteiger partial charge in [-0.3, -0.25) is 9.78 Å². The van der Waals surface area contributed by atoms with Gasteiger partial charge < -0.3 is 14.5 Å². The molecule has 3 aromatic carbocycles. The highest BCUT2D eigenvalue weighted by Gasteiger charge is 2.18. The van der Waals surface area contributed by atoms with E-state index < -0.39 is 11.9 Å². The lowest BCUT2D eigenvalue weighted by molar-refractivity contribution is -0.129. The van der Waals surface area contributed by atoms with Crippen LogP contribution in [0.15, 0.2) is 146 Å². The predicted molar refractivity (Wildman–Crippen MR) is 252 cm³/mol. The zero-order chi connectivity index (χ0) is 47.1. The Morgan fingerprint density at radius 3 is 1.58 bits per heavy atom. The van der Waals surface area contributed by atoms with E-state index in [0.29, 0.717) is 11.6 Å². The smallest absolute Gasteiger partial charge is 0.219 e. The minimum Gasteiger partial charge on any atom is -0.437 e. The van der Waals surface area contributed by atoms with Crippen molar-refractivity contribution in [2.45, 2.75) is 48.5 Å². The standard InChI is InChI=1S/C13H18N2O.C11H9FN2O.C8H7NS.C7H7F.2C6H6FN/c1-11-3-5-13(6-4-11)15-9-7-14(8-10-15)12(2)16;1-8-2-5-11(14-6-8)15-9-3-4-10(12)13-7-9;1-6-2-3-7-8(4-6)10-5-9-7;1-6-2-4-7(8)5-3-6;1-5-2-3-6(7)4-8-5;1-5-2-3-6(7)8-4-5/h3-6H,7-10H2,1-2H3;2-7H,1H3;2-5H,1H3;2-5H,1H3;2*2-4H,1H3. The lowest BCUT2D eigenvalue weighted by Gasteiger charge is -2.35. The Morgan fingerprint density at radius 2 is 1.09 bits per heavy atom. The van der Waals surface area contributed by atoms with Crippen molar-refractivity contribution in [3.63, 3.8) is 0 Å². The molecule has 14 heteroatoms. The normalized spacial score (nSPS) is 11.4. The van der Waals surface area contributed by atoms with Gasteiger partial charge in [-0.25, -0.2) is 28.7 Å². The van der Waals surface area contributed by atoms with Gasteiger partial charge in [0.2, 0.25) is 23.7 Å². The first kappa shape index (κ1) is 50.6. The molecule has 0 aliphatic carbocycles. The van der Waals surface area contributed by atoms with Crippen molar-refractivity contribution in [3.05, 3.63) is 203 Å². The number of piperazine rings is 1. The second-order valence-corrected chi connectivity index (χ2v) is 15.7. The minimum atomic E-state index is -0.529. The number of rotatable bonds is 3. The van der Waals surface area contributed by atoms with Gasteiger partial charge >= 0.3 is 0 Å². The van der Waals surface area contributed by atoms with E-state index in [1.165, 1.54) is 76.5 Å². The van der Waals surface area contributed by atoms with Gasteiger partial charge in [0.25, 0.3) is 0 Å². The summed E-state index contributed by atoms with van der Waals surface area (Å²) in [5, 5.41) is 0. The molecule has 8 aromatic rings. The van der Waals surface area contributed by atoms with Gasteiger partial charge in [0.15, 0.2) is 0 Å². The fraction of sp³-hybridized carbons (Fsp3) is 0.216. The van der Waals surface area contributed by atoms with Crippen LogP contribution in [0.4, 0.5) is 23.2 Å². The Labute approximate surface area is 382 Å². The summed E-state index contributed by atoms with van der Waals surface area (Å²) < 4.78 is 55.2. The topological polar surface area (TPSA) is 97.2 Å². The SMILES string of the molecule is CC(=O)N1CCN(c2ccc(C)cc2)CC1.Cc1ccc(F)cc1.Cc1ccc(F)cn1.Cc1ccc(F)nc1.Cc1ccc(Oc2ccc(F)nc2)nc1.Cc1ccc2ncsc2c1. The minimum absolute atomic E-state index is 0.171. The Hall–Kier alpha value is -7.06. The first-order valence-electron chi connectivity index (χ1n) is 20.6. The van der Waals surface area contributed by atoms with E-state index in [4.69, 9.17) is 4.74 Å². The number of halogens is 4. The van der Waals surface area contributed by atoms with Crippen LogP contribution in [0.1, 0.15) is 40.4 Å². The van der Waals surface area contributed by atoms with Crippen molar-refractivity contribution in [1.82, 2.24) is 29.8 Å². The number of carbonyl (C=O) groups excluding carboxylic acids is 1. The number of aromatic nitrogens is 5. The van der Waals surface area contributed by atoms with Crippen LogP contribution in [0.2, 0.25) is 0 Å². The molecule has 1 amide bonds. The Kier molecular flexibility index (Phi) is 20.7. The number of aryl methyl sites for hydroxylation is 6. The Bertz CT molecular complexity index is 2380. The molecule has 0 bridgehead atoms. The van der Waals surface area contributed by atoms with E-state index in [1.54, 1.807) is 54.8 Å². The summed E-state index contributed by atoms with van der Waals surface area (Å²) in [6.45, 7) is 16.9. The molecule has 6 heterocycles. The summed E-state index contributed by atoms with van der Waals surface area (Å²) in [5.41, 5.74) is 10.8. The molecule has 0 spiro atoms. The number of ether oxygens (including phenoxy) is 1. The van der Waals surface area contributed by atoms with E-state index in [0.717, 1.165) is 54.1 Å². The van der Waals surface area contributed by atoms with Crippen LogP contribution in [0.5, 0.6) is 11.6 Å². The molecule has 0 radical (unpaired) electrons. The summed E-state index contributed by atoms with van der Waals surface area (Å²) in [4.78, 5) is 34.3. The number of fused-ring (bicyclic) bond motifs is 1. The van der Waals surface area contributed by atoms with Crippen LogP contribution in [0, 0.1) is 65.1 Å². The highest BCUT2D eigenvalue weighted by molar-refractivity contribution is 7.16. The van der Waals surface area contributed by atoms with E-state index in [2.05, 4.69) is 86.1 Å². The number of benzene rings is 3. The number of anilines is 1. The van der Waals surface area contributed by atoms with E-state index in [1.807, 2.05) is 44.2 Å². The van der Waals surface area contributed by atoms with Crippen LogP contribution >= 0.6 is 11.3 Å². The van der Waals surface area contributed by atoms with E-state index in [-0.39, 0.29) is 17.5 Å². The maximum Gasteiger partial charge on any atom is 0.219 e. The third-order valence-electron chi connectivity index (χ3n) is 9.18. The highest BCUT2D eigenvalue weighted by atomic mass is 32.1. The van der Waals surface area contributed by atoms with Crippen molar-refractivity contribution >= 4 is 33.1 Å². The van der Waals surface area contributed by atoms with Gasteiger partial charge in [-0.1, -0.05) is 53.6 Å². The molecule has 5 aromatic heterocycles. The van der Waals surface area contributed by atoms with Crippen LogP contribution in [0.25, 0.3) is 10.2 Å². The summed E-state index contributed by atoms with van der Waals surface area (Å²) in [5.74, 6) is -0.286. The molecule has 9 rings (SSSR count). The number of nitrogens with zero attached hydrogens (tertiary/aromatic N) is 7. The maximum absolute atomic E-state index is 12.5. The molecular formula is C51H53F4N7O2S. The Balaban J connectivity index is 0.000000175. The quantitative estimate of drug-likeness (QED) is 0.128. The fourth-order valence-corrected chi connectivity index (χ4v) is 6.26. The second-order valence-electron chi connectivity index (χ2n) is 14.8. The molecular weight excluding hydrogens is 851 g/mol. The maximum atomic E-state index is 12.5. The summed E-state index contributed by atoms with van der Waals surface area (Å²) in [6, 6.07) is 33.7. The van der Waals surface area contributed by atoms with Gasteiger partial charge in [-0.15, -0.1) is 11.3 Å². The van der Waals surface area contributed by atoms with Crippen molar-refractivity contribution in [2.75, 3.05) is 31.1 Å². The van der Waals surface area contributed by atoms with Crippen molar-refractivity contribution < 1.29 is 27.1 Å². The lowest BCUT2D eigenvalue weighted by Crippen LogP contribution is -2.48. The van der Waals surface area contributed by atoms with E-state index in [9.17, 15) is 22.4 Å². The molecule has 9 nitrogen and oxygen atoms in total. The molecule has 65 heavy (non-hydrogen) atoms. The molecule has 1 saturated heterocycles. The average molecular weight is 904 g/mol. The summed E-state index contributed by atoms with van der Waals surface area (Å²) in [7, 11) is 0. The van der Waals surface area contributed by atoms with Gasteiger partial charge in [0, 0.05) is 62.9 Å². The predicted octanol–water partition coefficient (Wildman–Crippen LogP) is 12.2. The third kappa shape index (κ3) is 19.5. The zero-order valence-corrected chi connectivity index (χ0v) is 38.4. The molecule has 0 atom stereocenters. The average Bonchev–Trinajstić information content (AvgIpc) is 3.78. The van der Waals surface area contributed by atoms with Gasteiger partial charge in [0.1, 0.15) is 17.4 Å². The number of hydrogen-bond donors (Lipinski definition) is 0. The van der Waals surface area contributed by atoms with Crippen molar-refractivity contribution in [2.24, 2.45) is 0 Å². The third-order valence-corrected chi connectivity index (χ3v) is 9.97. The summed E-state index contributed by atoms with van der Waals surface area (Å²) in [6.07, 6.45) is 5.72. The molecule has 1 aliphatic rings. The van der Waals surface area contributed by atoms with Crippen LogP contribution in [-0.4, -0.2) is 61.9 Å².